The predicted molar refractivity (Wildman–Crippen MR) is 123 cm³/mol. The van der Waals surface area contributed by atoms with E-state index in [2.05, 4.69) is 18.7 Å². The molecule has 0 aromatic heterocycles. The van der Waals surface area contributed by atoms with Gasteiger partial charge in [0.05, 0.1) is 25.8 Å². The molecule has 2 aromatic rings. The minimum absolute atomic E-state index is 0.0484. The van der Waals surface area contributed by atoms with Crippen LogP contribution >= 0.6 is 0 Å². The number of amides is 1. The van der Waals surface area contributed by atoms with Crippen molar-refractivity contribution in [3.8, 4) is 11.5 Å². The van der Waals surface area contributed by atoms with E-state index in [0.29, 0.717) is 35.7 Å². The van der Waals surface area contributed by atoms with Gasteiger partial charge >= 0.3 is 0 Å². The molecule has 0 aliphatic carbocycles. The minimum atomic E-state index is -0.796. The van der Waals surface area contributed by atoms with E-state index in [4.69, 9.17) is 9.47 Å². The average molecular weight is 439 g/mol. The van der Waals surface area contributed by atoms with Crippen LogP contribution in [0.4, 0.5) is 0 Å². The maximum absolute atomic E-state index is 13.2. The molecule has 1 aliphatic rings. The van der Waals surface area contributed by atoms with Gasteiger partial charge in [-0.1, -0.05) is 44.2 Å². The Balaban J connectivity index is 2.18. The highest BCUT2D eigenvalue weighted by atomic mass is 16.5. The average Bonchev–Trinajstić information content (AvgIpc) is 3.09. The number of nitrogens with zero attached hydrogens (tertiary/aromatic N) is 2. The SMILES string of the molecule is CCN(CC)CCN1C(=O)C(=O)/C(=C(/O)c2ccccc2)[C@H]1c1cc(OC)ccc1OC. The largest absolute Gasteiger partial charge is 0.507 e. The lowest BCUT2D eigenvalue weighted by molar-refractivity contribution is -0.140. The number of likely N-dealkylation sites (N-methyl/N-ethyl adjacent to an activating group) is 1. The Kier molecular flexibility index (Phi) is 7.53. The van der Waals surface area contributed by atoms with Crippen molar-refractivity contribution in [2.75, 3.05) is 40.4 Å². The van der Waals surface area contributed by atoms with E-state index in [0.717, 1.165) is 13.1 Å². The first-order valence-corrected chi connectivity index (χ1v) is 10.7. The number of aliphatic hydroxyl groups is 1. The van der Waals surface area contributed by atoms with Gasteiger partial charge in [0, 0.05) is 24.2 Å². The van der Waals surface area contributed by atoms with E-state index in [-0.39, 0.29) is 11.3 Å². The number of hydrogen-bond donors (Lipinski definition) is 1. The molecule has 1 saturated heterocycles. The fraction of sp³-hybridized carbons (Fsp3) is 0.360. The molecular weight excluding hydrogens is 408 g/mol. The van der Waals surface area contributed by atoms with E-state index in [1.807, 2.05) is 6.07 Å². The van der Waals surface area contributed by atoms with Crippen LogP contribution < -0.4 is 9.47 Å². The number of rotatable bonds is 9. The molecule has 1 atom stereocenters. The molecule has 1 heterocycles. The van der Waals surface area contributed by atoms with Crippen LogP contribution in [0.15, 0.2) is 54.1 Å². The van der Waals surface area contributed by atoms with Crippen molar-refractivity contribution in [3.05, 3.63) is 65.2 Å². The first-order chi connectivity index (χ1) is 15.5. The highest BCUT2D eigenvalue weighted by molar-refractivity contribution is 6.46. The minimum Gasteiger partial charge on any atom is -0.507 e. The smallest absolute Gasteiger partial charge is 0.295 e. The van der Waals surface area contributed by atoms with Crippen LogP contribution in [0.2, 0.25) is 0 Å². The summed E-state index contributed by atoms with van der Waals surface area (Å²) in [5.74, 6) is -0.478. The van der Waals surface area contributed by atoms with Gasteiger partial charge in [0.25, 0.3) is 11.7 Å². The first-order valence-electron chi connectivity index (χ1n) is 10.7. The number of methoxy groups -OCH3 is 2. The molecule has 0 unspecified atom stereocenters. The number of hydrogen-bond acceptors (Lipinski definition) is 6. The van der Waals surface area contributed by atoms with Crippen molar-refractivity contribution < 1.29 is 24.2 Å². The molecule has 0 saturated carbocycles. The lowest BCUT2D eigenvalue weighted by Crippen LogP contribution is -2.38. The molecule has 1 N–H and O–H groups in total. The lowest BCUT2D eigenvalue weighted by atomic mass is 9.94. The van der Waals surface area contributed by atoms with Crippen LogP contribution in [0, 0.1) is 0 Å². The lowest BCUT2D eigenvalue weighted by Gasteiger charge is -2.29. The number of ketones is 1. The van der Waals surface area contributed by atoms with Crippen LogP contribution in [-0.4, -0.2) is 67.0 Å². The number of ether oxygens (including phenoxy) is 2. The summed E-state index contributed by atoms with van der Waals surface area (Å²) in [5.41, 5.74) is 1.11. The quantitative estimate of drug-likeness (QED) is 0.367. The number of carbonyl (C=O) groups is 2. The van der Waals surface area contributed by atoms with Gasteiger partial charge in [-0.3, -0.25) is 9.59 Å². The number of likely N-dealkylation sites (tertiary alicyclic amines) is 1. The molecule has 0 spiro atoms. The molecule has 170 valence electrons. The Morgan fingerprint density at radius 1 is 1.03 bits per heavy atom. The van der Waals surface area contributed by atoms with E-state index < -0.39 is 17.7 Å². The second kappa shape index (κ2) is 10.3. The summed E-state index contributed by atoms with van der Waals surface area (Å²) >= 11 is 0. The Labute approximate surface area is 188 Å². The predicted octanol–water partition coefficient (Wildman–Crippen LogP) is 3.47. The van der Waals surface area contributed by atoms with Crippen LogP contribution in [-0.2, 0) is 9.59 Å². The summed E-state index contributed by atoms with van der Waals surface area (Å²) < 4.78 is 10.9. The van der Waals surface area contributed by atoms with E-state index in [9.17, 15) is 14.7 Å². The summed E-state index contributed by atoms with van der Waals surface area (Å²) in [5, 5.41) is 11.1. The summed E-state index contributed by atoms with van der Waals surface area (Å²) in [7, 11) is 3.08. The third kappa shape index (κ3) is 4.48. The molecule has 7 nitrogen and oxygen atoms in total. The van der Waals surface area contributed by atoms with Crippen molar-refractivity contribution in [2.45, 2.75) is 19.9 Å². The summed E-state index contributed by atoms with van der Waals surface area (Å²) in [4.78, 5) is 30.0. The van der Waals surface area contributed by atoms with Gasteiger partial charge < -0.3 is 24.4 Å². The van der Waals surface area contributed by atoms with Gasteiger partial charge in [-0.15, -0.1) is 0 Å². The third-order valence-electron chi connectivity index (χ3n) is 5.87. The fourth-order valence-corrected chi connectivity index (χ4v) is 4.03. The highest BCUT2D eigenvalue weighted by Gasteiger charge is 2.47. The first kappa shape index (κ1) is 23.3. The molecule has 7 heteroatoms. The van der Waals surface area contributed by atoms with Crippen LogP contribution in [0.5, 0.6) is 11.5 Å². The normalized spacial score (nSPS) is 17.8. The zero-order valence-electron chi connectivity index (χ0n) is 19.0. The van der Waals surface area contributed by atoms with Gasteiger partial charge in [-0.2, -0.15) is 0 Å². The van der Waals surface area contributed by atoms with Crippen molar-refractivity contribution in [1.82, 2.24) is 9.80 Å². The Hall–Kier alpha value is -3.32. The third-order valence-corrected chi connectivity index (χ3v) is 5.87. The molecular formula is C25H30N2O5. The van der Waals surface area contributed by atoms with Gasteiger partial charge in [0.1, 0.15) is 17.3 Å². The van der Waals surface area contributed by atoms with Crippen LogP contribution in [0.25, 0.3) is 5.76 Å². The van der Waals surface area contributed by atoms with Gasteiger partial charge in [0.2, 0.25) is 0 Å². The van der Waals surface area contributed by atoms with E-state index in [1.54, 1.807) is 49.6 Å². The molecule has 1 fully saturated rings. The summed E-state index contributed by atoms with van der Waals surface area (Å²) in [6, 6.07) is 13.2. The zero-order valence-corrected chi connectivity index (χ0v) is 19.0. The maximum Gasteiger partial charge on any atom is 0.295 e. The van der Waals surface area contributed by atoms with Crippen molar-refractivity contribution >= 4 is 17.4 Å². The van der Waals surface area contributed by atoms with Gasteiger partial charge in [0.15, 0.2) is 0 Å². The Morgan fingerprint density at radius 2 is 1.72 bits per heavy atom. The van der Waals surface area contributed by atoms with Gasteiger partial charge in [-0.05, 0) is 31.3 Å². The molecule has 1 amide bonds. The zero-order chi connectivity index (χ0) is 23.3. The van der Waals surface area contributed by atoms with Gasteiger partial charge in [-0.25, -0.2) is 0 Å². The van der Waals surface area contributed by atoms with E-state index >= 15 is 0 Å². The number of carbonyl (C=O) groups excluding carboxylic acids is 2. The standard InChI is InChI=1S/C25H30N2O5/c1-5-26(6-2)14-15-27-22(19-16-18(31-3)12-13-20(19)32-4)21(24(29)25(27)30)23(28)17-10-8-7-9-11-17/h7-13,16,22,28H,5-6,14-15H2,1-4H3/b23-21+/t22-/m1/s1. The van der Waals surface area contributed by atoms with Crippen molar-refractivity contribution in [3.63, 3.8) is 0 Å². The summed E-state index contributed by atoms with van der Waals surface area (Å²) in [6.45, 7) is 6.71. The Bertz CT molecular complexity index is 999. The number of Topliss-reactive ketones (excluding diaryl/α,β-unsaturated/α-hetero) is 1. The molecule has 32 heavy (non-hydrogen) atoms. The van der Waals surface area contributed by atoms with Crippen molar-refractivity contribution in [1.29, 1.82) is 0 Å². The number of aliphatic hydroxyl groups excluding tert-OH is 1. The molecule has 0 radical (unpaired) electrons. The van der Waals surface area contributed by atoms with E-state index in [1.165, 1.54) is 12.0 Å². The molecule has 0 bridgehead atoms. The van der Waals surface area contributed by atoms with Crippen molar-refractivity contribution in [2.24, 2.45) is 0 Å². The number of benzene rings is 2. The topological polar surface area (TPSA) is 79.3 Å². The fourth-order valence-electron chi connectivity index (χ4n) is 4.03. The summed E-state index contributed by atoms with van der Waals surface area (Å²) in [6.07, 6.45) is 0. The second-order valence-corrected chi connectivity index (χ2v) is 7.49. The molecule has 2 aromatic carbocycles. The van der Waals surface area contributed by atoms with Crippen LogP contribution in [0.1, 0.15) is 31.0 Å². The maximum atomic E-state index is 13.2. The molecule has 1 aliphatic heterocycles. The highest BCUT2D eigenvalue weighted by Crippen LogP contribution is 2.43. The monoisotopic (exact) mass is 438 g/mol. The molecule has 3 rings (SSSR count). The second-order valence-electron chi connectivity index (χ2n) is 7.49. The van der Waals surface area contributed by atoms with Crippen LogP contribution in [0.3, 0.4) is 0 Å². The Morgan fingerprint density at radius 3 is 2.31 bits per heavy atom.